The molecular weight excluding hydrogens is 354 g/mol. The Bertz CT molecular complexity index is 983. The Kier molecular flexibility index (Phi) is 5.12. The minimum Gasteiger partial charge on any atom is -0.389 e. The first kappa shape index (κ1) is 18.3. The van der Waals surface area contributed by atoms with E-state index in [9.17, 15) is 14.7 Å². The monoisotopic (exact) mass is 377 g/mol. The highest BCUT2D eigenvalue weighted by molar-refractivity contribution is 6.07. The van der Waals surface area contributed by atoms with Gasteiger partial charge in [-0.1, -0.05) is 36.4 Å². The molecule has 0 radical (unpaired) electrons. The zero-order valence-corrected chi connectivity index (χ0v) is 15.5. The molecule has 6 nitrogen and oxygen atoms in total. The average molecular weight is 377 g/mol. The van der Waals surface area contributed by atoms with Crippen molar-refractivity contribution in [1.82, 2.24) is 14.8 Å². The van der Waals surface area contributed by atoms with Crippen LogP contribution in [-0.2, 0) is 11.2 Å². The molecule has 0 bridgehead atoms. The van der Waals surface area contributed by atoms with Gasteiger partial charge >= 0.3 is 0 Å². The fourth-order valence-corrected chi connectivity index (χ4v) is 3.72. The van der Waals surface area contributed by atoms with Gasteiger partial charge in [0.15, 0.2) is 0 Å². The van der Waals surface area contributed by atoms with Crippen LogP contribution < -0.4 is 0 Å². The van der Waals surface area contributed by atoms with E-state index < -0.39 is 6.10 Å². The number of β-amino-alcohol motifs (C(OH)–C–C–N with tert-alkyl or cyclic N) is 1. The van der Waals surface area contributed by atoms with Gasteiger partial charge in [0.2, 0.25) is 5.91 Å². The van der Waals surface area contributed by atoms with E-state index in [1.165, 1.54) is 4.90 Å². The van der Waals surface area contributed by atoms with Crippen molar-refractivity contribution in [1.29, 1.82) is 0 Å². The van der Waals surface area contributed by atoms with Crippen LogP contribution in [-0.4, -0.2) is 64.0 Å². The quantitative estimate of drug-likeness (QED) is 0.731. The molecule has 0 spiro atoms. The van der Waals surface area contributed by atoms with E-state index in [0.29, 0.717) is 12.1 Å². The predicted octanol–water partition coefficient (Wildman–Crippen LogP) is 2.06. The molecule has 1 unspecified atom stereocenters. The summed E-state index contributed by atoms with van der Waals surface area (Å²) in [7, 11) is 0. The topological polar surface area (TPSA) is 76.6 Å². The molecule has 2 heterocycles. The summed E-state index contributed by atoms with van der Waals surface area (Å²) < 4.78 is 0. The number of carbonyl (C=O) groups is 2. The van der Waals surface area contributed by atoms with Crippen molar-refractivity contribution in [3.63, 3.8) is 0 Å². The number of H-pyrrole nitrogens is 1. The largest absolute Gasteiger partial charge is 0.389 e. The van der Waals surface area contributed by atoms with E-state index in [1.54, 1.807) is 17.2 Å². The maximum atomic E-state index is 13.1. The van der Waals surface area contributed by atoms with Crippen LogP contribution in [0.25, 0.3) is 10.9 Å². The van der Waals surface area contributed by atoms with Crippen molar-refractivity contribution < 1.29 is 14.7 Å². The Balaban J connectivity index is 1.49. The number of rotatable bonds is 4. The molecule has 2 N–H and O–H groups in total. The molecule has 1 fully saturated rings. The van der Waals surface area contributed by atoms with Gasteiger partial charge in [0, 0.05) is 42.3 Å². The number of hydrogen-bond donors (Lipinski definition) is 2. The molecular formula is C22H23N3O3. The summed E-state index contributed by atoms with van der Waals surface area (Å²) in [5, 5.41) is 11.2. The fourth-order valence-electron chi connectivity index (χ4n) is 3.72. The van der Waals surface area contributed by atoms with Gasteiger partial charge in [-0.3, -0.25) is 9.59 Å². The molecule has 6 heteroatoms. The number of benzene rings is 2. The summed E-state index contributed by atoms with van der Waals surface area (Å²) in [5.41, 5.74) is 2.55. The predicted molar refractivity (Wildman–Crippen MR) is 107 cm³/mol. The molecule has 2 amide bonds. The third kappa shape index (κ3) is 3.77. The van der Waals surface area contributed by atoms with Crippen LogP contribution in [0.5, 0.6) is 0 Å². The van der Waals surface area contributed by atoms with Gasteiger partial charge in [0.05, 0.1) is 6.10 Å². The van der Waals surface area contributed by atoms with Gasteiger partial charge in [-0.05, 0) is 30.2 Å². The third-order valence-corrected chi connectivity index (χ3v) is 5.17. The van der Waals surface area contributed by atoms with Crippen LogP contribution in [0.15, 0.2) is 60.8 Å². The van der Waals surface area contributed by atoms with Crippen molar-refractivity contribution >= 4 is 22.7 Å². The molecule has 1 aliphatic heterocycles. The summed E-state index contributed by atoms with van der Waals surface area (Å²) in [6.07, 6.45) is 1.74. The number of fused-ring (bicyclic) bond motifs is 1. The molecule has 1 atom stereocenters. The van der Waals surface area contributed by atoms with Crippen molar-refractivity contribution in [2.45, 2.75) is 12.5 Å². The normalized spacial score (nSPS) is 17.8. The molecule has 2 aromatic carbocycles. The van der Waals surface area contributed by atoms with Crippen LogP contribution in [0, 0.1) is 0 Å². The Morgan fingerprint density at radius 3 is 2.71 bits per heavy atom. The van der Waals surface area contributed by atoms with E-state index in [-0.39, 0.29) is 31.4 Å². The number of aromatic nitrogens is 1. The first-order valence-electron chi connectivity index (χ1n) is 9.47. The van der Waals surface area contributed by atoms with Crippen LogP contribution in [0.4, 0.5) is 0 Å². The smallest absolute Gasteiger partial charge is 0.255 e. The Hall–Kier alpha value is -3.12. The van der Waals surface area contributed by atoms with Gasteiger partial charge in [-0.15, -0.1) is 0 Å². The number of amides is 2. The maximum absolute atomic E-state index is 13.1. The van der Waals surface area contributed by atoms with Gasteiger partial charge in [0.1, 0.15) is 6.54 Å². The van der Waals surface area contributed by atoms with Crippen LogP contribution >= 0.6 is 0 Å². The summed E-state index contributed by atoms with van der Waals surface area (Å²) in [6, 6.07) is 17.3. The number of nitrogens with one attached hydrogen (secondary N) is 1. The zero-order valence-electron chi connectivity index (χ0n) is 15.5. The second-order valence-electron chi connectivity index (χ2n) is 7.16. The van der Waals surface area contributed by atoms with Crippen LogP contribution in [0.3, 0.4) is 0 Å². The Morgan fingerprint density at radius 2 is 1.89 bits per heavy atom. The lowest BCUT2D eigenvalue weighted by Gasteiger charge is -2.22. The highest BCUT2D eigenvalue weighted by atomic mass is 16.3. The summed E-state index contributed by atoms with van der Waals surface area (Å²) in [5.74, 6) is -0.371. The second-order valence-corrected chi connectivity index (χ2v) is 7.16. The van der Waals surface area contributed by atoms with Crippen molar-refractivity contribution in [3.8, 4) is 0 Å². The molecule has 4 rings (SSSR count). The number of aliphatic hydroxyl groups excluding tert-OH is 1. The van der Waals surface area contributed by atoms with E-state index in [2.05, 4.69) is 4.98 Å². The van der Waals surface area contributed by atoms with Crippen LogP contribution in [0.2, 0.25) is 0 Å². The van der Waals surface area contributed by atoms with Crippen molar-refractivity contribution in [2.24, 2.45) is 0 Å². The van der Waals surface area contributed by atoms with Crippen molar-refractivity contribution in [2.75, 3.05) is 26.2 Å². The molecule has 1 aliphatic rings. The lowest BCUT2D eigenvalue weighted by atomic mass is 10.1. The van der Waals surface area contributed by atoms with E-state index >= 15 is 0 Å². The van der Waals surface area contributed by atoms with E-state index in [4.69, 9.17) is 0 Å². The number of aliphatic hydroxyl groups is 1. The molecule has 144 valence electrons. The van der Waals surface area contributed by atoms with Gasteiger partial charge < -0.3 is 19.9 Å². The zero-order chi connectivity index (χ0) is 19.5. The van der Waals surface area contributed by atoms with Crippen molar-refractivity contribution in [3.05, 3.63) is 71.9 Å². The highest BCUT2D eigenvalue weighted by Crippen LogP contribution is 2.20. The van der Waals surface area contributed by atoms with E-state index in [1.807, 2.05) is 48.5 Å². The summed E-state index contributed by atoms with van der Waals surface area (Å²) in [4.78, 5) is 32.0. The molecule has 1 aromatic heterocycles. The minimum absolute atomic E-state index is 0.0223. The standard InChI is InChI=1S/C22H23N3O3/c26-17-13-24(12-10-16-5-2-1-3-6-16)21(27)15-25(14-17)22(28)19-7-4-8-20-18(19)9-11-23-20/h1-9,11,17,23,26H,10,12-15H2. The lowest BCUT2D eigenvalue weighted by Crippen LogP contribution is -2.40. The first-order chi connectivity index (χ1) is 13.6. The van der Waals surface area contributed by atoms with Gasteiger partial charge in [-0.2, -0.15) is 0 Å². The maximum Gasteiger partial charge on any atom is 0.255 e. The SMILES string of the molecule is O=C1CN(C(=O)c2cccc3[nH]ccc23)CC(O)CN1CCc1ccccc1. The average Bonchev–Trinajstić information content (AvgIpc) is 3.14. The molecule has 3 aromatic rings. The number of carbonyl (C=O) groups excluding carboxylic acids is 2. The summed E-state index contributed by atoms with van der Waals surface area (Å²) >= 11 is 0. The molecule has 1 saturated heterocycles. The van der Waals surface area contributed by atoms with E-state index in [0.717, 1.165) is 22.9 Å². The number of hydrogen-bond acceptors (Lipinski definition) is 3. The fraction of sp³-hybridized carbons (Fsp3) is 0.273. The molecule has 28 heavy (non-hydrogen) atoms. The first-order valence-corrected chi connectivity index (χ1v) is 9.47. The lowest BCUT2D eigenvalue weighted by molar-refractivity contribution is -0.131. The van der Waals surface area contributed by atoms with Gasteiger partial charge in [-0.25, -0.2) is 0 Å². The second kappa shape index (κ2) is 7.86. The molecule has 0 saturated carbocycles. The summed E-state index contributed by atoms with van der Waals surface area (Å²) in [6.45, 7) is 0.887. The third-order valence-electron chi connectivity index (χ3n) is 5.17. The molecule has 0 aliphatic carbocycles. The highest BCUT2D eigenvalue weighted by Gasteiger charge is 2.30. The number of nitrogens with zero attached hydrogens (tertiary/aromatic N) is 2. The minimum atomic E-state index is -0.767. The van der Waals surface area contributed by atoms with Crippen LogP contribution in [0.1, 0.15) is 15.9 Å². The Labute approximate surface area is 163 Å². The number of aromatic amines is 1. The van der Waals surface area contributed by atoms with Gasteiger partial charge in [0.25, 0.3) is 5.91 Å². The Morgan fingerprint density at radius 1 is 1.07 bits per heavy atom.